The molecule has 3 nitrogen and oxygen atoms in total. The van der Waals surface area contributed by atoms with Crippen LogP contribution in [0.3, 0.4) is 0 Å². The van der Waals surface area contributed by atoms with Gasteiger partial charge in [-0.1, -0.05) is 58.0 Å². The summed E-state index contributed by atoms with van der Waals surface area (Å²) in [4.78, 5) is 13.3. The van der Waals surface area contributed by atoms with Gasteiger partial charge in [-0.3, -0.25) is 10.1 Å². The highest BCUT2D eigenvalue weighted by Crippen LogP contribution is 2.27. The molecular formula is C20H28N2OS. The molecule has 0 aliphatic heterocycles. The van der Waals surface area contributed by atoms with Crippen molar-refractivity contribution in [3.8, 4) is 0 Å². The predicted molar refractivity (Wildman–Crippen MR) is 103 cm³/mol. The zero-order valence-corrected chi connectivity index (χ0v) is 15.8. The fourth-order valence-corrected chi connectivity index (χ4v) is 3.31. The second kappa shape index (κ2) is 9.00. The first-order valence-corrected chi connectivity index (χ1v) is 9.48. The third kappa shape index (κ3) is 5.46. The van der Waals surface area contributed by atoms with Crippen LogP contribution in [0.15, 0.2) is 41.8 Å². The molecular weight excluding hydrogens is 316 g/mol. The first-order chi connectivity index (χ1) is 11.5. The van der Waals surface area contributed by atoms with Crippen molar-refractivity contribution in [2.45, 2.75) is 39.7 Å². The van der Waals surface area contributed by atoms with Gasteiger partial charge >= 0.3 is 0 Å². The summed E-state index contributed by atoms with van der Waals surface area (Å²) in [6, 6.07) is 12.9. The summed E-state index contributed by atoms with van der Waals surface area (Å²) >= 11 is 1.71. The zero-order valence-electron chi connectivity index (χ0n) is 15.0. The van der Waals surface area contributed by atoms with Gasteiger partial charge in [0, 0.05) is 11.4 Å². The van der Waals surface area contributed by atoms with Gasteiger partial charge in [0.1, 0.15) is 0 Å². The number of carbonyl (C=O) groups is 1. The number of hydrogen-bond acceptors (Lipinski definition) is 3. The van der Waals surface area contributed by atoms with Crippen molar-refractivity contribution in [2.75, 3.05) is 13.1 Å². The van der Waals surface area contributed by atoms with E-state index in [9.17, 15) is 4.79 Å². The van der Waals surface area contributed by atoms with Crippen LogP contribution in [0.5, 0.6) is 0 Å². The standard InChI is InChI=1S/C20H28N2OS/c1-14(2)12-21-19(23)13-22-20(18-6-5-11-24-18)17-9-7-16(8-10-17)15(3)4/h5-11,14-15,20,22H,12-13H2,1-4H3,(H,21,23)/t20-/m0/s1. The monoisotopic (exact) mass is 344 g/mol. The average molecular weight is 345 g/mol. The Balaban J connectivity index is 2.07. The number of nitrogens with one attached hydrogen (secondary N) is 2. The minimum atomic E-state index is 0.0454. The molecule has 0 unspecified atom stereocenters. The largest absolute Gasteiger partial charge is 0.355 e. The van der Waals surface area contributed by atoms with Crippen LogP contribution in [0.2, 0.25) is 0 Å². The van der Waals surface area contributed by atoms with E-state index >= 15 is 0 Å². The number of carbonyl (C=O) groups excluding carboxylic acids is 1. The van der Waals surface area contributed by atoms with Gasteiger partial charge in [0.05, 0.1) is 12.6 Å². The summed E-state index contributed by atoms with van der Waals surface area (Å²) in [5, 5.41) is 8.44. The molecule has 0 bridgehead atoms. The first kappa shape index (κ1) is 18.7. The highest BCUT2D eigenvalue weighted by Gasteiger charge is 2.16. The Hall–Kier alpha value is -1.65. The van der Waals surface area contributed by atoms with Crippen LogP contribution in [0.4, 0.5) is 0 Å². The molecule has 0 saturated heterocycles. The summed E-state index contributed by atoms with van der Waals surface area (Å²) in [5.74, 6) is 1.03. The summed E-state index contributed by atoms with van der Waals surface area (Å²) in [5.41, 5.74) is 2.52. The molecule has 0 aliphatic rings. The van der Waals surface area contributed by atoms with Crippen LogP contribution in [-0.2, 0) is 4.79 Å². The minimum Gasteiger partial charge on any atom is -0.355 e. The molecule has 1 heterocycles. The van der Waals surface area contributed by atoms with Crippen molar-refractivity contribution in [3.63, 3.8) is 0 Å². The van der Waals surface area contributed by atoms with Crippen LogP contribution in [0.1, 0.15) is 55.7 Å². The van der Waals surface area contributed by atoms with E-state index in [0.717, 1.165) is 0 Å². The quantitative estimate of drug-likeness (QED) is 0.749. The Kier molecular flexibility index (Phi) is 7.00. The van der Waals surface area contributed by atoms with E-state index in [1.165, 1.54) is 16.0 Å². The van der Waals surface area contributed by atoms with Gasteiger partial charge in [-0.25, -0.2) is 0 Å². The molecule has 0 spiro atoms. The molecule has 0 aliphatic carbocycles. The Bertz CT molecular complexity index is 618. The first-order valence-electron chi connectivity index (χ1n) is 8.60. The Morgan fingerprint density at radius 2 is 1.71 bits per heavy atom. The van der Waals surface area contributed by atoms with Crippen molar-refractivity contribution in [3.05, 3.63) is 57.8 Å². The molecule has 0 fully saturated rings. The second-order valence-corrected chi connectivity index (χ2v) is 7.83. The van der Waals surface area contributed by atoms with Crippen LogP contribution in [0, 0.1) is 5.92 Å². The number of benzene rings is 1. The maximum absolute atomic E-state index is 12.0. The lowest BCUT2D eigenvalue weighted by atomic mass is 9.98. The SMILES string of the molecule is CC(C)CNC(=O)CN[C@@H](c1ccc(C(C)C)cc1)c1cccs1. The van der Waals surface area contributed by atoms with Crippen LogP contribution >= 0.6 is 11.3 Å². The van der Waals surface area contributed by atoms with Crippen molar-refractivity contribution < 1.29 is 4.79 Å². The van der Waals surface area contributed by atoms with Gasteiger partial charge in [-0.2, -0.15) is 0 Å². The average Bonchev–Trinajstić information content (AvgIpc) is 3.08. The Morgan fingerprint density at radius 1 is 1.04 bits per heavy atom. The predicted octanol–water partition coefficient (Wildman–Crippen LogP) is 4.32. The molecule has 1 aromatic heterocycles. The van der Waals surface area contributed by atoms with Gasteiger partial charge in [0.25, 0.3) is 0 Å². The van der Waals surface area contributed by atoms with Crippen LogP contribution in [0.25, 0.3) is 0 Å². The van der Waals surface area contributed by atoms with Gasteiger partial charge in [-0.15, -0.1) is 11.3 Å². The zero-order chi connectivity index (χ0) is 17.5. The summed E-state index contributed by atoms with van der Waals surface area (Å²) in [6.45, 7) is 9.62. The molecule has 2 rings (SSSR count). The van der Waals surface area contributed by atoms with Gasteiger partial charge in [-0.05, 0) is 34.4 Å². The highest BCUT2D eigenvalue weighted by molar-refractivity contribution is 7.10. The number of hydrogen-bond donors (Lipinski definition) is 2. The molecule has 24 heavy (non-hydrogen) atoms. The lowest BCUT2D eigenvalue weighted by molar-refractivity contribution is -0.120. The lowest BCUT2D eigenvalue weighted by Crippen LogP contribution is -2.37. The van der Waals surface area contributed by atoms with Crippen LogP contribution in [-0.4, -0.2) is 19.0 Å². The van der Waals surface area contributed by atoms with Gasteiger partial charge < -0.3 is 5.32 Å². The molecule has 1 atom stereocenters. The van der Waals surface area contributed by atoms with Gasteiger partial charge in [0.2, 0.25) is 5.91 Å². The molecule has 0 saturated carbocycles. The summed E-state index contributed by atoms with van der Waals surface area (Å²) < 4.78 is 0. The molecule has 2 aromatic rings. The topological polar surface area (TPSA) is 41.1 Å². The molecule has 2 N–H and O–H groups in total. The summed E-state index contributed by atoms with van der Waals surface area (Å²) in [6.07, 6.45) is 0. The smallest absolute Gasteiger partial charge is 0.233 e. The normalized spacial score (nSPS) is 12.6. The third-order valence-corrected chi connectivity index (χ3v) is 4.88. The summed E-state index contributed by atoms with van der Waals surface area (Å²) in [7, 11) is 0. The highest BCUT2D eigenvalue weighted by atomic mass is 32.1. The molecule has 0 radical (unpaired) electrons. The fourth-order valence-electron chi connectivity index (χ4n) is 2.49. The number of amides is 1. The molecule has 1 amide bonds. The van der Waals surface area contributed by atoms with E-state index in [2.05, 4.69) is 80.1 Å². The fraction of sp³-hybridized carbons (Fsp3) is 0.450. The van der Waals surface area contributed by atoms with Crippen molar-refractivity contribution in [2.24, 2.45) is 5.92 Å². The minimum absolute atomic E-state index is 0.0454. The lowest BCUT2D eigenvalue weighted by Gasteiger charge is -2.19. The van der Waals surface area contributed by atoms with Crippen molar-refractivity contribution in [1.29, 1.82) is 0 Å². The molecule has 1 aromatic carbocycles. The number of rotatable bonds is 8. The molecule has 4 heteroatoms. The Morgan fingerprint density at radius 3 is 2.25 bits per heavy atom. The maximum atomic E-state index is 12.0. The number of thiophene rings is 1. The van der Waals surface area contributed by atoms with E-state index in [1.54, 1.807) is 11.3 Å². The van der Waals surface area contributed by atoms with E-state index in [1.807, 2.05) is 0 Å². The maximum Gasteiger partial charge on any atom is 0.233 e. The third-order valence-electron chi connectivity index (χ3n) is 3.94. The van der Waals surface area contributed by atoms with E-state index in [4.69, 9.17) is 0 Å². The Labute approximate surface area is 149 Å². The van der Waals surface area contributed by atoms with E-state index < -0.39 is 0 Å². The van der Waals surface area contributed by atoms with E-state index in [0.29, 0.717) is 24.9 Å². The molecule has 130 valence electrons. The van der Waals surface area contributed by atoms with Crippen molar-refractivity contribution in [1.82, 2.24) is 10.6 Å². The van der Waals surface area contributed by atoms with E-state index in [-0.39, 0.29) is 11.9 Å². The van der Waals surface area contributed by atoms with Gasteiger partial charge in [0.15, 0.2) is 0 Å². The van der Waals surface area contributed by atoms with Crippen molar-refractivity contribution >= 4 is 17.2 Å². The van der Waals surface area contributed by atoms with Crippen LogP contribution < -0.4 is 10.6 Å². The second-order valence-electron chi connectivity index (χ2n) is 6.85.